The van der Waals surface area contributed by atoms with Crippen molar-refractivity contribution < 1.29 is 63.1 Å². The summed E-state index contributed by atoms with van der Waals surface area (Å²) in [5.41, 5.74) is 1.92. The van der Waals surface area contributed by atoms with Crippen LogP contribution in [0.2, 0.25) is 0 Å². The molecule has 1 amide bonds. The van der Waals surface area contributed by atoms with Gasteiger partial charge in [0, 0.05) is 65.8 Å². The van der Waals surface area contributed by atoms with Gasteiger partial charge >= 0.3 is 0 Å². The molecule has 0 N–H and O–H groups in total. The van der Waals surface area contributed by atoms with Crippen LogP contribution >= 0.6 is 0 Å². The molecule has 4 nitrogen and oxygen atoms in total. The summed E-state index contributed by atoms with van der Waals surface area (Å²) in [6, 6.07) is 0. The molecule has 1 radical (unpaired) electrons. The largest absolute Gasteiger partial charge is 0.656 e. The zero-order valence-electron chi connectivity index (χ0n) is 12.8. The van der Waals surface area contributed by atoms with E-state index in [0.717, 1.165) is 17.0 Å². The SMILES string of the molecule is CC.C[N-]C(=O)CCc1onc(C)c1C.[CH2-]C.[W].[Y]. The molecule has 0 aliphatic rings. The zero-order valence-corrected chi connectivity index (χ0v) is 18.6. The second-order valence-corrected chi connectivity index (χ2v) is 2.93. The van der Waals surface area contributed by atoms with Crippen LogP contribution in [0, 0.1) is 20.8 Å². The smallest absolute Gasteiger partial charge is 0.140 e. The first-order valence-electron chi connectivity index (χ1n) is 5.90. The molecular formula is C13H24N2O2WY-2. The Balaban J connectivity index is -0.000000171. The number of aromatic nitrogens is 1. The summed E-state index contributed by atoms with van der Waals surface area (Å²) in [5, 5.41) is 7.34. The van der Waals surface area contributed by atoms with Crippen molar-refractivity contribution in [3.63, 3.8) is 0 Å². The molecule has 0 aromatic carbocycles. The van der Waals surface area contributed by atoms with Gasteiger partial charge in [0.25, 0.3) is 0 Å². The summed E-state index contributed by atoms with van der Waals surface area (Å²) in [6.45, 7) is 12.8. The van der Waals surface area contributed by atoms with Crippen LogP contribution in [0.3, 0.4) is 0 Å². The molecule has 0 aliphatic heterocycles. The van der Waals surface area contributed by atoms with E-state index in [4.69, 9.17) is 4.52 Å². The number of hydrogen-bond acceptors (Lipinski definition) is 3. The van der Waals surface area contributed by atoms with E-state index in [2.05, 4.69) is 17.4 Å². The molecular weight excluding hydrogens is 489 g/mol. The molecule has 0 saturated carbocycles. The van der Waals surface area contributed by atoms with Gasteiger partial charge in [-0.3, -0.25) is 0 Å². The van der Waals surface area contributed by atoms with Gasteiger partial charge in [-0.2, -0.15) is 6.92 Å². The summed E-state index contributed by atoms with van der Waals surface area (Å²) in [7, 11) is 1.50. The van der Waals surface area contributed by atoms with Crippen LogP contribution in [0.15, 0.2) is 4.52 Å². The van der Waals surface area contributed by atoms with Crippen molar-refractivity contribution in [1.82, 2.24) is 5.16 Å². The van der Waals surface area contributed by atoms with Crippen molar-refractivity contribution in [3.05, 3.63) is 29.3 Å². The van der Waals surface area contributed by atoms with Crippen molar-refractivity contribution in [2.24, 2.45) is 0 Å². The fourth-order valence-electron chi connectivity index (χ4n) is 1.03. The molecule has 0 fully saturated rings. The molecule has 0 unspecified atom stereocenters. The summed E-state index contributed by atoms with van der Waals surface area (Å²) < 4.78 is 5.05. The number of hydrogen-bond donors (Lipinski definition) is 0. The normalized spacial score (nSPS) is 7.53. The average Bonchev–Trinajstić information content (AvgIpc) is 2.72. The number of carbonyl (C=O) groups excluding carboxylic acids is 1. The van der Waals surface area contributed by atoms with Gasteiger partial charge in [0.1, 0.15) is 5.76 Å². The standard InChI is InChI=1S/C9H14N2O2.C2H6.C2H5.W.Y/c1-6-7(2)11-13-8(6)4-5-9(12)10-3;2*1-2;;/h4-5H2,1-3H3,(H,10,12);1-2H3;1H2,2H3;;/q;;-1;;/p-1. The molecule has 0 spiro atoms. The summed E-state index contributed by atoms with van der Waals surface area (Å²) >= 11 is 0. The Kier molecular flexibility index (Phi) is 27.0. The first-order valence-corrected chi connectivity index (χ1v) is 5.90. The number of nitrogens with zero attached hydrogens (tertiary/aromatic N) is 2. The first-order chi connectivity index (χ1) is 8.15. The second kappa shape index (κ2) is 18.5. The molecule has 1 heterocycles. The molecule has 6 heteroatoms. The Labute approximate surface area is 157 Å². The third-order valence-electron chi connectivity index (χ3n) is 2.07. The van der Waals surface area contributed by atoms with Crippen molar-refractivity contribution in [1.29, 1.82) is 0 Å². The van der Waals surface area contributed by atoms with E-state index in [1.54, 1.807) is 6.92 Å². The molecule has 0 atom stereocenters. The van der Waals surface area contributed by atoms with Crippen molar-refractivity contribution in [2.75, 3.05) is 7.05 Å². The molecule has 1 aromatic heterocycles. The zero-order chi connectivity index (χ0) is 13.8. The average molecular weight is 513 g/mol. The van der Waals surface area contributed by atoms with Gasteiger partial charge in [-0.25, -0.2) is 0 Å². The van der Waals surface area contributed by atoms with Gasteiger partial charge in [-0.1, -0.05) is 19.0 Å². The Morgan fingerprint density at radius 2 is 1.79 bits per heavy atom. The van der Waals surface area contributed by atoms with Gasteiger partial charge in [0.15, 0.2) is 0 Å². The minimum atomic E-state index is -0.103. The third kappa shape index (κ3) is 12.0. The van der Waals surface area contributed by atoms with E-state index in [9.17, 15) is 4.79 Å². The third-order valence-corrected chi connectivity index (χ3v) is 2.07. The Morgan fingerprint density at radius 3 is 2.11 bits per heavy atom. The molecule has 1 rings (SSSR count). The molecule has 109 valence electrons. The maximum absolute atomic E-state index is 10.9. The minimum absolute atomic E-state index is 0. The predicted molar refractivity (Wildman–Crippen MR) is 71.0 cm³/mol. The Morgan fingerprint density at radius 1 is 1.32 bits per heavy atom. The van der Waals surface area contributed by atoms with Crippen LogP contribution < -0.4 is 0 Å². The van der Waals surface area contributed by atoms with E-state index in [-0.39, 0.29) is 59.7 Å². The minimum Gasteiger partial charge on any atom is -0.656 e. The van der Waals surface area contributed by atoms with Crippen LogP contribution in [0.1, 0.15) is 44.2 Å². The fourth-order valence-corrected chi connectivity index (χ4v) is 1.03. The predicted octanol–water partition coefficient (Wildman–Crippen LogP) is 3.62. The summed E-state index contributed by atoms with van der Waals surface area (Å²) in [5.74, 6) is 0.683. The quantitative estimate of drug-likeness (QED) is 0.581. The molecule has 0 saturated heterocycles. The van der Waals surface area contributed by atoms with Gasteiger partial charge in [-0.05, 0) is 20.3 Å². The summed E-state index contributed by atoms with van der Waals surface area (Å²) in [4.78, 5) is 10.9. The monoisotopic (exact) mass is 513 g/mol. The maximum Gasteiger partial charge on any atom is 0.140 e. The molecule has 0 bridgehead atoms. The van der Waals surface area contributed by atoms with E-state index in [0.29, 0.717) is 12.8 Å². The van der Waals surface area contributed by atoms with Gasteiger partial charge in [0.05, 0.1) is 11.6 Å². The molecule has 19 heavy (non-hydrogen) atoms. The van der Waals surface area contributed by atoms with Crippen LogP contribution in [0.5, 0.6) is 0 Å². The molecule has 1 aromatic rings. The van der Waals surface area contributed by atoms with E-state index >= 15 is 0 Å². The van der Waals surface area contributed by atoms with Gasteiger partial charge in [0.2, 0.25) is 0 Å². The number of rotatable bonds is 3. The Bertz CT molecular complexity index is 318. The second-order valence-electron chi connectivity index (χ2n) is 2.93. The number of amides is 1. The maximum atomic E-state index is 10.9. The van der Waals surface area contributed by atoms with Gasteiger partial charge < -0.3 is 21.6 Å². The van der Waals surface area contributed by atoms with Crippen LogP contribution in [-0.2, 0) is 65.0 Å². The van der Waals surface area contributed by atoms with Crippen molar-refractivity contribution in [2.45, 2.75) is 47.5 Å². The van der Waals surface area contributed by atoms with Crippen LogP contribution in [0.25, 0.3) is 5.32 Å². The number of aryl methyl sites for hydroxylation is 2. The van der Waals surface area contributed by atoms with Crippen molar-refractivity contribution >= 4 is 5.91 Å². The van der Waals surface area contributed by atoms with Crippen LogP contribution in [-0.4, -0.2) is 18.1 Å². The first kappa shape index (κ1) is 27.8. The van der Waals surface area contributed by atoms with E-state index in [1.165, 1.54) is 7.05 Å². The van der Waals surface area contributed by atoms with Gasteiger partial charge in [-0.15, -0.1) is 7.05 Å². The van der Waals surface area contributed by atoms with E-state index < -0.39 is 0 Å². The van der Waals surface area contributed by atoms with Crippen LogP contribution in [0.4, 0.5) is 0 Å². The summed E-state index contributed by atoms with van der Waals surface area (Å²) in [6.07, 6.45) is 0.981. The Hall–Kier alpha value is 0.472. The topological polar surface area (TPSA) is 57.2 Å². The van der Waals surface area contributed by atoms with E-state index in [1.807, 2.05) is 27.7 Å². The van der Waals surface area contributed by atoms with Crippen molar-refractivity contribution in [3.8, 4) is 0 Å². The number of carbonyl (C=O) groups is 1. The fraction of sp³-hybridized carbons (Fsp3) is 0.615. The molecule has 0 aliphatic carbocycles.